The molecule has 0 heterocycles. The number of nitrogens with one attached hydrogen (secondary N) is 1. The quantitative estimate of drug-likeness (QED) is 0.150. The molecule has 0 atom stereocenters. The van der Waals surface area contributed by atoms with Crippen LogP contribution in [0.5, 0.6) is 17.2 Å². The Kier molecular flexibility index (Phi) is 8.20. The van der Waals surface area contributed by atoms with Crippen molar-refractivity contribution in [3.05, 3.63) is 87.0 Å². The van der Waals surface area contributed by atoms with E-state index in [-0.39, 0.29) is 18.3 Å². The molecule has 7 nitrogen and oxygen atoms in total. The number of aryl methyl sites for hydroxylation is 1. The highest BCUT2D eigenvalue weighted by Gasteiger charge is 2.15. The first-order valence-corrected chi connectivity index (χ1v) is 10.7. The Morgan fingerprint density at radius 2 is 1.75 bits per heavy atom. The summed E-state index contributed by atoms with van der Waals surface area (Å²) < 4.78 is 17.1. The maximum absolute atomic E-state index is 12.5. The summed E-state index contributed by atoms with van der Waals surface area (Å²) in [6.07, 6.45) is 1.46. The summed E-state index contributed by atoms with van der Waals surface area (Å²) in [5.74, 6) is 0.425. The zero-order chi connectivity index (χ0) is 22.9. The van der Waals surface area contributed by atoms with Crippen LogP contribution in [0.15, 0.2) is 71.8 Å². The first kappa shape index (κ1) is 23.3. The fourth-order valence-electron chi connectivity index (χ4n) is 2.70. The van der Waals surface area contributed by atoms with Crippen molar-refractivity contribution in [3.63, 3.8) is 0 Å². The molecule has 0 aliphatic heterocycles. The average Bonchev–Trinajstić information content (AvgIpc) is 2.79. The number of esters is 1. The van der Waals surface area contributed by atoms with Gasteiger partial charge in [0, 0.05) is 3.57 Å². The van der Waals surface area contributed by atoms with E-state index in [1.165, 1.54) is 13.3 Å². The summed E-state index contributed by atoms with van der Waals surface area (Å²) >= 11 is 2.08. The van der Waals surface area contributed by atoms with Gasteiger partial charge >= 0.3 is 5.97 Å². The Bertz CT molecular complexity index is 1150. The third-order valence-electron chi connectivity index (χ3n) is 4.34. The molecule has 32 heavy (non-hydrogen) atoms. The van der Waals surface area contributed by atoms with Crippen molar-refractivity contribution in [2.45, 2.75) is 6.92 Å². The van der Waals surface area contributed by atoms with Crippen LogP contribution in [0.25, 0.3) is 0 Å². The largest absolute Gasteiger partial charge is 0.493 e. The van der Waals surface area contributed by atoms with E-state index >= 15 is 0 Å². The first-order valence-electron chi connectivity index (χ1n) is 9.63. The molecule has 0 spiro atoms. The Morgan fingerprint density at radius 3 is 2.50 bits per heavy atom. The minimum atomic E-state index is -0.476. The molecule has 0 radical (unpaired) electrons. The molecule has 0 aliphatic rings. The molecular weight excluding hydrogens is 523 g/mol. The molecule has 1 amide bonds. The lowest BCUT2D eigenvalue weighted by Crippen LogP contribution is -2.24. The fraction of sp³-hybridized carbons (Fsp3) is 0.125. The number of para-hydroxylation sites is 1. The Labute approximate surface area is 199 Å². The van der Waals surface area contributed by atoms with Crippen molar-refractivity contribution in [1.29, 1.82) is 0 Å². The first-order chi connectivity index (χ1) is 15.5. The normalized spacial score (nSPS) is 10.6. The summed E-state index contributed by atoms with van der Waals surface area (Å²) in [6, 6.07) is 19.5. The van der Waals surface area contributed by atoms with E-state index in [0.29, 0.717) is 22.6 Å². The minimum absolute atomic E-state index is 0.154. The third-order valence-corrected chi connectivity index (χ3v) is 5.28. The molecular formula is C24H21IN2O5. The molecule has 0 saturated carbocycles. The monoisotopic (exact) mass is 544 g/mol. The molecule has 3 aromatic carbocycles. The van der Waals surface area contributed by atoms with Crippen molar-refractivity contribution in [3.8, 4) is 17.2 Å². The molecule has 0 bridgehead atoms. The van der Waals surface area contributed by atoms with Crippen molar-refractivity contribution >= 4 is 40.7 Å². The molecule has 0 fully saturated rings. The molecule has 3 rings (SSSR count). The third kappa shape index (κ3) is 6.30. The van der Waals surface area contributed by atoms with Gasteiger partial charge in [-0.05, 0) is 77.0 Å². The van der Waals surface area contributed by atoms with Gasteiger partial charge in [0.25, 0.3) is 5.91 Å². The van der Waals surface area contributed by atoms with Crippen LogP contribution in [0.4, 0.5) is 0 Å². The zero-order valence-corrected chi connectivity index (χ0v) is 19.7. The lowest BCUT2D eigenvalue weighted by Gasteiger charge is -2.10. The van der Waals surface area contributed by atoms with Crippen molar-refractivity contribution in [2.75, 3.05) is 13.7 Å². The fourth-order valence-corrected chi connectivity index (χ4v) is 3.31. The van der Waals surface area contributed by atoms with E-state index in [0.717, 1.165) is 9.13 Å². The van der Waals surface area contributed by atoms with Crippen LogP contribution in [-0.4, -0.2) is 31.8 Å². The van der Waals surface area contributed by atoms with E-state index < -0.39 is 5.97 Å². The van der Waals surface area contributed by atoms with E-state index in [1.807, 2.05) is 37.3 Å². The number of benzene rings is 3. The highest BCUT2D eigenvalue weighted by Crippen LogP contribution is 2.29. The standard InChI is InChI=1S/C24H21IN2O5/c1-16-7-3-6-10-20(16)31-15-23(28)27-26-14-17-11-12-21(22(13-17)30-2)32-24(29)18-8-4-5-9-19(18)25/h3-14H,15H2,1-2H3,(H,27,28)/b26-14-. The molecule has 164 valence electrons. The maximum atomic E-state index is 12.5. The minimum Gasteiger partial charge on any atom is -0.493 e. The molecule has 1 N–H and O–H groups in total. The zero-order valence-electron chi connectivity index (χ0n) is 17.5. The van der Waals surface area contributed by atoms with E-state index in [2.05, 4.69) is 33.1 Å². The predicted molar refractivity (Wildman–Crippen MR) is 130 cm³/mol. The molecule has 8 heteroatoms. The lowest BCUT2D eigenvalue weighted by atomic mass is 10.2. The van der Waals surface area contributed by atoms with E-state index in [4.69, 9.17) is 14.2 Å². The van der Waals surface area contributed by atoms with E-state index in [1.54, 1.807) is 36.4 Å². The van der Waals surface area contributed by atoms with Gasteiger partial charge in [0.15, 0.2) is 18.1 Å². The van der Waals surface area contributed by atoms with Gasteiger partial charge in [-0.15, -0.1) is 0 Å². The Hall–Kier alpha value is -3.40. The number of hydrazone groups is 1. The van der Waals surface area contributed by atoms with Crippen LogP contribution >= 0.6 is 22.6 Å². The van der Waals surface area contributed by atoms with Gasteiger partial charge in [0.1, 0.15) is 5.75 Å². The van der Waals surface area contributed by atoms with Crippen LogP contribution in [0, 0.1) is 10.5 Å². The van der Waals surface area contributed by atoms with Crippen LogP contribution in [0.1, 0.15) is 21.5 Å². The van der Waals surface area contributed by atoms with Gasteiger partial charge in [-0.2, -0.15) is 5.10 Å². The number of carbonyl (C=O) groups excluding carboxylic acids is 2. The highest BCUT2D eigenvalue weighted by molar-refractivity contribution is 14.1. The number of rotatable bonds is 8. The van der Waals surface area contributed by atoms with Crippen molar-refractivity contribution in [1.82, 2.24) is 5.43 Å². The lowest BCUT2D eigenvalue weighted by molar-refractivity contribution is -0.123. The number of carbonyl (C=O) groups is 2. The van der Waals surface area contributed by atoms with Crippen molar-refractivity contribution in [2.24, 2.45) is 5.10 Å². The SMILES string of the molecule is COc1cc(/C=N\NC(=O)COc2ccccc2C)ccc1OC(=O)c1ccccc1I. The summed E-state index contributed by atoms with van der Waals surface area (Å²) in [7, 11) is 1.48. The maximum Gasteiger partial charge on any atom is 0.344 e. The highest BCUT2D eigenvalue weighted by atomic mass is 127. The summed E-state index contributed by atoms with van der Waals surface area (Å²) in [4.78, 5) is 24.4. The second kappa shape index (κ2) is 11.3. The Morgan fingerprint density at radius 1 is 1.00 bits per heavy atom. The number of hydrogen-bond acceptors (Lipinski definition) is 6. The summed E-state index contributed by atoms with van der Waals surface area (Å²) in [5, 5.41) is 3.93. The van der Waals surface area contributed by atoms with Gasteiger partial charge in [-0.1, -0.05) is 30.3 Å². The van der Waals surface area contributed by atoms with Crippen LogP contribution in [-0.2, 0) is 4.79 Å². The Balaban J connectivity index is 1.58. The molecule has 0 unspecified atom stereocenters. The second-order valence-electron chi connectivity index (χ2n) is 6.63. The topological polar surface area (TPSA) is 86.2 Å². The molecule has 0 aromatic heterocycles. The number of nitrogens with zero attached hydrogens (tertiary/aromatic N) is 1. The summed E-state index contributed by atoms with van der Waals surface area (Å²) in [6.45, 7) is 1.75. The van der Waals surface area contributed by atoms with Gasteiger partial charge in [-0.25, -0.2) is 10.2 Å². The smallest absolute Gasteiger partial charge is 0.344 e. The number of amides is 1. The van der Waals surface area contributed by atoms with Gasteiger partial charge in [-0.3, -0.25) is 4.79 Å². The number of methoxy groups -OCH3 is 1. The number of halogens is 1. The molecule has 0 aliphatic carbocycles. The van der Waals surface area contributed by atoms with Gasteiger partial charge in [0.05, 0.1) is 18.9 Å². The second-order valence-corrected chi connectivity index (χ2v) is 7.79. The molecule has 0 saturated heterocycles. The van der Waals surface area contributed by atoms with Crippen molar-refractivity contribution < 1.29 is 23.8 Å². The van der Waals surface area contributed by atoms with Gasteiger partial charge in [0.2, 0.25) is 0 Å². The summed E-state index contributed by atoms with van der Waals surface area (Å²) in [5.41, 5.74) is 4.47. The van der Waals surface area contributed by atoms with Gasteiger partial charge < -0.3 is 14.2 Å². The van der Waals surface area contributed by atoms with Crippen LogP contribution < -0.4 is 19.6 Å². The van der Waals surface area contributed by atoms with Crippen LogP contribution in [0.3, 0.4) is 0 Å². The number of ether oxygens (including phenoxy) is 3. The average molecular weight is 544 g/mol. The van der Waals surface area contributed by atoms with E-state index in [9.17, 15) is 9.59 Å². The number of hydrogen-bond donors (Lipinski definition) is 1. The van der Waals surface area contributed by atoms with Crippen LogP contribution in [0.2, 0.25) is 0 Å². The predicted octanol–water partition coefficient (Wildman–Crippen LogP) is 4.36. The molecule has 3 aromatic rings.